The van der Waals surface area contributed by atoms with Gasteiger partial charge in [0.05, 0.1) is 17.8 Å². The Hall–Kier alpha value is -1.50. The number of carbonyl (C=O) groups is 1. The number of hydrogen-bond donors (Lipinski definition) is 1. The molecule has 0 atom stereocenters. The van der Waals surface area contributed by atoms with Crippen molar-refractivity contribution in [1.82, 2.24) is 4.98 Å². The molecule has 0 bridgehead atoms. The van der Waals surface area contributed by atoms with E-state index in [0.717, 1.165) is 11.3 Å². The lowest BCUT2D eigenvalue weighted by molar-refractivity contribution is -0.111. The van der Waals surface area contributed by atoms with Crippen LogP contribution in [0, 0.1) is 0 Å². The van der Waals surface area contributed by atoms with Crippen LogP contribution in [-0.2, 0) is 4.79 Å². The Labute approximate surface area is 136 Å². The van der Waals surface area contributed by atoms with Gasteiger partial charge >= 0.3 is 0 Å². The lowest BCUT2D eigenvalue weighted by Crippen LogP contribution is -2.07. The smallest absolute Gasteiger partial charge is 0.250 e. The SMILES string of the molecule is COc1ccc(-c2csc(NC(=O)/C=C/SC)n2)cc1Cl. The first-order chi connectivity index (χ1) is 10.1. The standard InChI is InChI=1S/C14H13ClN2O2S2/c1-19-12-4-3-9(7-10(12)15)11-8-21-14(16-11)17-13(18)5-6-20-2/h3-8H,1-2H3,(H,16,17,18)/b6-5+. The molecule has 0 saturated heterocycles. The molecule has 1 heterocycles. The largest absolute Gasteiger partial charge is 0.495 e. The minimum absolute atomic E-state index is 0.196. The van der Waals surface area contributed by atoms with Crippen LogP contribution in [0.5, 0.6) is 5.75 Å². The number of ether oxygens (including phenoxy) is 1. The Morgan fingerprint density at radius 1 is 1.52 bits per heavy atom. The van der Waals surface area contributed by atoms with Crippen LogP contribution in [0.3, 0.4) is 0 Å². The van der Waals surface area contributed by atoms with Gasteiger partial charge in [-0.1, -0.05) is 11.6 Å². The molecule has 110 valence electrons. The fourth-order valence-corrected chi connectivity index (χ4v) is 2.81. The number of benzene rings is 1. The minimum atomic E-state index is -0.196. The Bertz CT molecular complexity index is 671. The van der Waals surface area contributed by atoms with Gasteiger partial charge in [0.2, 0.25) is 0 Å². The average Bonchev–Trinajstić information content (AvgIpc) is 2.93. The number of hydrogen-bond acceptors (Lipinski definition) is 5. The van der Waals surface area contributed by atoms with Crippen molar-refractivity contribution in [3.8, 4) is 17.0 Å². The van der Waals surface area contributed by atoms with E-state index < -0.39 is 0 Å². The molecule has 0 saturated carbocycles. The molecular formula is C14H13ClN2O2S2. The number of rotatable bonds is 5. The normalized spacial score (nSPS) is 10.8. The van der Waals surface area contributed by atoms with Crippen LogP contribution < -0.4 is 10.1 Å². The monoisotopic (exact) mass is 340 g/mol. The van der Waals surface area contributed by atoms with Crippen molar-refractivity contribution in [2.45, 2.75) is 0 Å². The molecule has 2 rings (SSSR count). The molecule has 21 heavy (non-hydrogen) atoms. The number of nitrogens with zero attached hydrogens (tertiary/aromatic N) is 1. The maximum atomic E-state index is 11.6. The van der Waals surface area contributed by atoms with E-state index in [2.05, 4.69) is 10.3 Å². The van der Waals surface area contributed by atoms with Crippen molar-refractivity contribution in [3.05, 3.63) is 40.1 Å². The first-order valence-corrected chi connectivity index (χ1v) is 8.48. The van der Waals surface area contributed by atoms with Gasteiger partial charge in [-0.05, 0) is 29.9 Å². The third kappa shape index (κ3) is 4.23. The molecule has 2 aromatic rings. The first-order valence-electron chi connectivity index (χ1n) is 5.94. The highest BCUT2D eigenvalue weighted by atomic mass is 35.5. The summed E-state index contributed by atoms with van der Waals surface area (Å²) < 4.78 is 5.11. The quantitative estimate of drug-likeness (QED) is 0.825. The average molecular weight is 341 g/mol. The molecule has 1 aromatic carbocycles. The molecule has 4 nitrogen and oxygen atoms in total. The Balaban J connectivity index is 2.14. The second-order valence-corrected chi connectivity index (χ2v) is 5.92. The Kier molecular flexibility index (Phi) is 5.67. The number of thiazole rings is 1. The summed E-state index contributed by atoms with van der Waals surface area (Å²) in [6.45, 7) is 0. The number of anilines is 1. The molecule has 0 aliphatic rings. The van der Waals surface area contributed by atoms with Crippen LogP contribution in [0.15, 0.2) is 35.1 Å². The van der Waals surface area contributed by atoms with E-state index in [0.29, 0.717) is 15.9 Å². The molecule has 0 radical (unpaired) electrons. The van der Waals surface area contributed by atoms with Crippen LogP contribution in [-0.4, -0.2) is 24.3 Å². The first kappa shape index (κ1) is 15.9. The maximum Gasteiger partial charge on any atom is 0.250 e. The van der Waals surface area contributed by atoms with Crippen molar-refractivity contribution in [2.75, 3.05) is 18.7 Å². The van der Waals surface area contributed by atoms with E-state index >= 15 is 0 Å². The van der Waals surface area contributed by atoms with Crippen molar-refractivity contribution in [3.63, 3.8) is 0 Å². The van der Waals surface area contributed by atoms with Crippen molar-refractivity contribution < 1.29 is 9.53 Å². The van der Waals surface area contributed by atoms with Crippen molar-refractivity contribution >= 4 is 45.7 Å². The van der Waals surface area contributed by atoms with Crippen molar-refractivity contribution in [2.24, 2.45) is 0 Å². The summed E-state index contributed by atoms with van der Waals surface area (Å²) in [7, 11) is 1.57. The van der Waals surface area contributed by atoms with E-state index in [1.54, 1.807) is 24.7 Å². The van der Waals surface area contributed by atoms with E-state index in [1.165, 1.54) is 29.2 Å². The summed E-state index contributed by atoms with van der Waals surface area (Å²) in [6.07, 6.45) is 3.36. The van der Waals surface area contributed by atoms with Gasteiger partial charge in [0.15, 0.2) is 5.13 Å². The van der Waals surface area contributed by atoms with Gasteiger partial charge in [0.1, 0.15) is 5.75 Å². The zero-order valence-electron chi connectivity index (χ0n) is 11.4. The topological polar surface area (TPSA) is 51.2 Å². The van der Waals surface area contributed by atoms with E-state index in [-0.39, 0.29) is 5.91 Å². The van der Waals surface area contributed by atoms with Gasteiger partial charge in [-0.3, -0.25) is 10.1 Å². The second kappa shape index (κ2) is 7.49. The fraction of sp³-hybridized carbons (Fsp3) is 0.143. The molecule has 0 fully saturated rings. The minimum Gasteiger partial charge on any atom is -0.495 e. The highest BCUT2D eigenvalue weighted by Crippen LogP contribution is 2.31. The number of carbonyl (C=O) groups excluding carboxylic acids is 1. The summed E-state index contributed by atoms with van der Waals surface area (Å²) in [5.74, 6) is 0.421. The summed E-state index contributed by atoms with van der Waals surface area (Å²) in [4.78, 5) is 15.9. The van der Waals surface area contributed by atoms with Gasteiger partial charge in [0.25, 0.3) is 5.91 Å². The van der Waals surface area contributed by atoms with Gasteiger partial charge in [-0.25, -0.2) is 4.98 Å². The number of nitrogens with one attached hydrogen (secondary N) is 1. The number of aromatic nitrogens is 1. The van der Waals surface area contributed by atoms with Crippen LogP contribution in [0.25, 0.3) is 11.3 Å². The van der Waals surface area contributed by atoms with E-state index in [4.69, 9.17) is 16.3 Å². The zero-order valence-corrected chi connectivity index (χ0v) is 13.8. The van der Waals surface area contributed by atoms with Crippen LogP contribution in [0.4, 0.5) is 5.13 Å². The summed E-state index contributed by atoms with van der Waals surface area (Å²) in [5.41, 5.74) is 1.63. The second-order valence-electron chi connectivity index (χ2n) is 3.91. The van der Waals surface area contributed by atoms with E-state index in [9.17, 15) is 4.79 Å². The predicted octanol–water partition coefficient (Wildman–Crippen LogP) is 4.29. The maximum absolute atomic E-state index is 11.6. The molecule has 1 aromatic heterocycles. The molecule has 0 aliphatic heterocycles. The fourth-order valence-electron chi connectivity index (χ4n) is 1.57. The lowest BCUT2D eigenvalue weighted by Gasteiger charge is -2.04. The van der Waals surface area contributed by atoms with Gasteiger partial charge in [-0.15, -0.1) is 23.1 Å². The molecule has 0 spiro atoms. The van der Waals surface area contributed by atoms with Gasteiger partial charge in [-0.2, -0.15) is 0 Å². The molecule has 0 aliphatic carbocycles. The molecule has 1 amide bonds. The highest BCUT2D eigenvalue weighted by molar-refractivity contribution is 8.01. The summed E-state index contributed by atoms with van der Waals surface area (Å²) >= 11 is 8.92. The number of thioether (sulfide) groups is 1. The molecular weight excluding hydrogens is 328 g/mol. The Morgan fingerprint density at radius 2 is 2.33 bits per heavy atom. The third-order valence-electron chi connectivity index (χ3n) is 2.54. The third-order valence-corrected chi connectivity index (χ3v) is 4.00. The molecule has 0 unspecified atom stereocenters. The van der Waals surface area contributed by atoms with Crippen LogP contribution >= 0.6 is 34.7 Å². The lowest BCUT2D eigenvalue weighted by atomic mass is 10.2. The van der Waals surface area contributed by atoms with Gasteiger partial charge in [0, 0.05) is 17.0 Å². The zero-order chi connectivity index (χ0) is 15.2. The summed E-state index contributed by atoms with van der Waals surface area (Å²) in [6, 6.07) is 5.45. The molecule has 7 heteroatoms. The Morgan fingerprint density at radius 3 is 3.00 bits per heavy atom. The number of amides is 1. The molecule has 1 N–H and O–H groups in total. The summed E-state index contributed by atoms with van der Waals surface area (Å²) in [5, 5.41) is 7.37. The van der Waals surface area contributed by atoms with Crippen LogP contribution in [0.1, 0.15) is 0 Å². The number of methoxy groups -OCH3 is 1. The predicted molar refractivity (Wildman–Crippen MR) is 90.4 cm³/mol. The van der Waals surface area contributed by atoms with Crippen LogP contribution in [0.2, 0.25) is 5.02 Å². The highest BCUT2D eigenvalue weighted by Gasteiger charge is 2.08. The van der Waals surface area contributed by atoms with E-state index in [1.807, 2.05) is 17.7 Å². The number of halogens is 1. The van der Waals surface area contributed by atoms with Gasteiger partial charge < -0.3 is 4.74 Å². The van der Waals surface area contributed by atoms with Crippen molar-refractivity contribution in [1.29, 1.82) is 0 Å².